The van der Waals surface area contributed by atoms with Gasteiger partial charge in [0.2, 0.25) is 0 Å². The molecule has 2 aromatic rings. The zero-order chi connectivity index (χ0) is 22.3. The zero-order valence-corrected chi connectivity index (χ0v) is 13.5. The lowest BCUT2D eigenvalue weighted by Gasteiger charge is -2.16. The summed E-state index contributed by atoms with van der Waals surface area (Å²) in [6.45, 7) is 0. The summed E-state index contributed by atoms with van der Waals surface area (Å²) in [5, 5.41) is 11.8. The van der Waals surface area contributed by atoms with Crippen LogP contribution in [0.3, 0.4) is 0 Å². The Morgan fingerprint density at radius 1 is 0.690 bits per heavy atom. The van der Waals surface area contributed by atoms with E-state index >= 15 is 0 Å². The lowest BCUT2D eigenvalue weighted by atomic mass is 10.0. The standard InChI is InChI=1S/C17H6F10O2/c18-8-1-6(2-9(19)14(8)16(22,23)24)12(28)5-13(29)7-3-10(20)15(11(21)4-7)17(25,26)27/h1-5,28H/p-1/b12-5-. The number of ketones is 1. The number of hydrogen-bond donors (Lipinski definition) is 0. The first kappa shape index (κ1) is 22.2. The molecule has 0 radical (unpaired) electrons. The molecule has 0 aliphatic heterocycles. The second-order valence-electron chi connectivity index (χ2n) is 5.50. The maximum absolute atomic E-state index is 13.5. The minimum atomic E-state index is -5.41. The topological polar surface area (TPSA) is 40.1 Å². The molecule has 0 unspecified atom stereocenters. The Morgan fingerprint density at radius 3 is 1.31 bits per heavy atom. The van der Waals surface area contributed by atoms with Crippen LogP contribution in [0.1, 0.15) is 27.0 Å². The first-order valence-corrected chi connectivity index (χ1v) is 7.18. The van der Waals surface area contributed by atoms with E-state index in [1.807, 2.05) is 0 Å². The lowest BCUT2D eigenvalue weighted by Crippen LogP contribution is -2.14. The van der Waals surface area contributed by atoms with Gasteiger partial charge in [-0.15, -0.1) is 0 Å². The molecular formula is C17H5F10O2-. The van der Waals surface area contributed by atoms with Crippen molar-refractivity contribution >= 4 is 11.5 Å². The highest BCUT2D eigenvalue weighted by molar-refractivity contribution is 6.07. The molecule has 2 nitrogen and oxygen atoms in total. The number of allylic oxidation sites excluding steroid dienone is 1. The summed E-state index contributed by atoms with van der Waals surface area (Å²) in [4.78, 5) is 11.8. The van der Waals surface area contributed by atoms with Gasteiger partial charge >= 0.3 is 12.4 Å². The average Bonchev–Trinajstić information content (AvgIpc) is 2.50. The molecule has 0 aromatic heterocycles. The molecule has 0 saturated heterocycles. The summed E-state index contributed by atoms with van der Waals surface area (Å²) in [5.41, 5.74) is -6.66. The third-order valence-electron chi connectivity index (χ3n) is 3.48. The van der Waals surface area contributed by atoms with Crippen LogP contribution in [-0.4, -0.2) is 5.78 Å². The monoisotopic (exact) mass is 431 g/mol. The van der Waals surface area contributed by atoms with Crippen LogP contribution in [0, 0.1) is 23.3 Å². The Kier molecular flexibility index (Phi) is 5.68. The van der Waals surface area contributed by atoms with Gasteiger partial charge in [0.05, 0.1) is 0 Å². The Hall–Kier alpha value is -3.05. The van der Waals surface area contributed by atoms with Gasteiger partial charge in [-0.05, 0) is 35.9 Å². The van der Waals surface area contributed by atoms with Gasteiger partial charge in [-0.25, -0.2) is 17.6 Å². The van der Waals surface area contributed by atoms with Gasteiger partial charge in [0.25, 0.3) is 0 Å². The quantitative estimate of drug-likeness (QED) is 0.301. The van der Waals surface area contributed by atoms with Crippen molar-refractivity contribution in [1.29, 1.82) is 0 Å². The molecule has 0 fully saturated rings. The fourth-order valence-electron chi connectivity index (χ4n) is 2.26. The highest BCUT2D eigenvalue weighted by Gasteiger charge is 2.39. The number of halogens is 10. The fraction of sp³-hybridized carbons (Fsp3) is 0.118. The van der Waals surface area contributed by atoms with E-state index in [2.05, 4.69) is 0 Å². The van der Waals surface area contributed by atoms with E-state index in [0.717, 1.165) is 0 Å². The Labute approximate surface area is 154 Å². The van der Waals surface area contributed by atoms with Crippen LogP contribution >= 0.6 is 0 Å². The summed E-state index contributed by atoms with van der Waals surface area (Å²) in [5.74, 6) is -11.7. The van der Waals surface area contributed by atoms with Crippen molar-refractivity contribution in [3.63, 3.8) is 0 Å². The molecule has 0 aliphatic rings. The smallest absolute Gasteiger partial charge is 0.422 e. The second-order valence-corrected chi connectivity index (χ2v) is 5.50. The summed E-state index contributed by atoms with van der Waals surface area (Å²) < 4.78 is 129. The van der Waals surface area contributed by atoms with E-state index in [9.17, 15) is 53.8 Å². The van der Waals surface area contributed by atoms with Crippen LogP contribution in [0.15, 0.2) is 30.3 Å². The maximum atomic E-state index is 13.5. The highest BCUT2D eigenvalue weighted by Crippen LogP contribution is 2.35. The lowest BCUT2D eigenvalue weighted by molar-refractivity contribution is -0.243. The molecule has 0 bridgehead atoms. The van der Waals surface area contributed by atoms with Gasteiger partial charge in [-0.3, -0.25) is 4.79 Å². The summed E-state index contributed by atoms with van der Waals surface area (Å²) in [6.07, 6.45) is -10.8. The number of rotatable bonds is 3. The third-order valence-corrected chi connectivity index (χ3v) is 3.48. The average molecular weight is 431 g/mol. The van der Waals surface area contributed by atoms with Gasteiger partial charge in [-0.2, -0.15) is 26.3 Å². The van der Waals surface area contributed by atoms with Crippen LogP contribution in [0.5, 0.6) is 0 Å². The number of carbonyl (C=O) groups excluding carboxylic acids is 1. The number of hydrogen-bond acceptors (Lipinski definition) is 2. The molecule has 156 valence electrons. The van der Waals surface area contributed by atoms with Crippen molar-refractivity contribution in [2.45, 2.75) is 12.4 Å². The van der Waals surface area contributed by atoms with Crippen molar-refractivity contribution in [3.8, 4) is 0 Å². The van der Waals surface area contributed by atoms with E-state index in [4.69, 9.17) is 0 Å². The largest absolute Gasteiger partial charge is 0.872 e. The van der Waals surface area contributed by atoms with Crippen molar-refractivity contribution in [2.24, 2.45) is 0 Å². The molecule has 0 atom stereocenters. The Balaban J connectivity index is 2.44. The van der Waals surface area contributed by atoms with E-state index in [0.29, 0.717) is 0 Å². The van der Waals surface area contributed by atoms with E-state index < -0.39 is 69.4 Å². The Morgan fingerprint density at radius 2 is 1.00 bits per heavy atom. The van der Waals surface area contributed by atoms with Crippen LogP contribution in [0.25, 0.3) is 5.76 Å². The van der Waals surface area contributed by atoms with Crippen molar-refractivity contribution in [3.05, 3.63) is 75.9 Å². The van der Waals surface area contributed by atoms with Gasteiger partial charge in [0, 0.05) is 5.56 Å². The Bertz CT molecular complexity index is 956. The SMILES string of the molecule is O=C(/C=C(\[O-])c1cc(F)c(C(F)(F)F)c(F)c1)c1cc(F)c(C(F)(F)F)c(F)c1. The van der Waals surface area contributed by atoms with Crippen molar-refractivity contribution in [1.82, 2.24) is 0 Å². The molecule has 0 amide bonds. The molecule has 0 saturated carbocycles. The number of benzene rings is 2. The molecule has 29 heavy (non-hydrogen) atoms. The van der Waals surface area contributed by atoms with E-state index in [1.54, 1.807) is 0 Å². The molecule has 0 aliphatic carbocycles. The van der Waals surface area contributed by atoms with Crippen molar-refractivity contribution < 1.29 is 53.8 Å². The van der Waals surface area contributed by atoms with Crippen LogP contribution in [0.2, 0.25) is 0 Å². The highest BCUT2D eigenvalue weighted by atomic mass is 19.4. The first-order chi connectivity index (χ1) is 13.1. The van der Waals surface area contributed by atoms with Gasteiger partial charge in [0.15, 0.2) is 5.78 Å². The van der Waals surface area contributed by atoms with Gasteiger partial charge in [0.1, 0.15) is 34.4 Å². The van der Waals surface area contributed by atoms with E-state index in [-0.39, 0.29) is 30.3 Å². The summed E-state index contributed by atoms with van der Waals surface area (Å²) >= 11 is 0. The van der Waals surface area contributed by atoms with Gasteiger partial charge in [-0.1, -0.05) is 5.76 Å². The fourth-order valence-corrected chi connectivity index (χ4v) is 2.26. The predicted octanol–water partition coefficient (Wildman–Crippen LogP) is 4.86. The number of alkyl halides is 6. The van der Waals surface area contributed by atoms with Crippen LogP contribution in [-0.2, 0) is 12.4 Å². The molecular weight excluding hydrogens is 426 g/mol. The summed E-state index contributed by atoms with van der Waals surface area (Å²) in [7, 11) is 0. The molecule has 2 aromatic carbocycles. The molecule has 0 N–H and O–H groups in total. The first-order valence-electron chi connectivity index (χ1n) is 7.18. The molecule has 12 heteroatoms. The van der Waals surface area contributed by atoms with Gasteiger partial charge < -0.3 is 5.11 Å². The van der Waals surface area contributed by atoms with Crippen molar-refractivity contribution in [2.75, 3.05) is 0 Å². The molecule has 0 spiro atoms. The van der Waals surface area contributed by atoms with Crippen LogP contribution < -0.4 is 5.11 Å². The minimum absolute atomic E-state index is 0.00293. The third kappa shape index (κ3) is 4.69. The number of carbonyl (C=O) groups is 1. The van der Waals surface area contributed by atoms with Crippen LogP contribution in [0.4, 0.5) is 43.9 Å². The zero-order valence-electron chi connectivity index (χ0n) is 13.5. The van der Waals surface area contributed by atoms with E-state index in [1.165, 1.54) is 0 Å². The normalized spacial score (nSPS) is 13.0. The second kappa shape index (κ2) is 7.41. The predicted molar refractivity (Wildman–Crippen MR) is 75.0 cm³/mol. The molecule has 0 heterocycles. The molecule has 2 rings (SSSR count). The summed E-state index contributed by atoms with van der Waals surface area (Å²) in [6, 6.07) is -0.0876. The maximum Gasteiger partial charge on any atom is 0.422 e. The minimum Gasteiger partial charge on any atom is -0.872 e.